The zero-order chi connectivity index (χ0) is 27.5. The number of halogens is 1. The molecule has 5 rings (SSSR count). The van der Waals surface area contributed by atoms with Gasteiger partial charge in [-0.15, -0.1) is 0 Å². The number of fused-ring (bicyclic) bond motifs is 1. The Labute approximate surface area is 234 Å². The Morgan fingerprint density at radius 2 is 1.77 bits per heavy atom. The summed E-state index contributed by atoms with van der Waals surface area (Å²) in [6.07, 6.45) is 0.946. The molecular weight excluding hydrogens is 538 g/mol. The molecule has 3 aromatic carbocycles. The van der Waals surface area contributed by atoms with Crippen LogP contribution in [0.3, 0.4) is 0 Å². The molecule has 0 spiro atoms. The highest BCUT2D eigenvalue weighted by Crippen LogP contribution is 2.40. The molecule has 39 heavy (non-hydrogen) atoms. The Balaban J connectivity index is 1.46. The lowest BCUT2D eigenvalue weighted by Crippen LogP contribution is -2.43. The molecular formula is C28H24ClN5O4S. The van der Waals surface area contributed by atoms with Crippen LogP contribution in [0.2, 0.25) is 5.02 Å². The number of hydrogen-bond acceptors (Lipinski definition) is 7. The predicted molar refractivity (Wildman–Crippen MR) is 154 cm³/mol. The first-order valence-corrected chi connectivity index (χ1v) is 13.6. The minimum atomic E-state index is -0.571. The predicted octanol–water partition coefficient (Wildman–Crippen LogP) is 6.26. The van der Waals surface area contributed by atoms with Crippen molar-refractivity contribution in [3.05, 3.63) is 110 Å². The number of nitrogens with one attached hydrogen (secondary N) is 2. The number of amidine groups is 1. The Bertz CT molecular complexity index is 1530. The standard InChI is InChI=1S/C28H24ClN5O4S/c1-17-24(27(36)31-19-8-3-2-4-9-19)25(33-13-6-14-39-28(33)30-17)18-7-5-10-20(15-18)32-26(35)22-12-11-21(34(37)38)16-23(22)29/h2-5,7-12,15-16,25H,6,13-14H2,1H3,(H,31,36)(H,32,35). The van der Waals surface area contributed by atoms with Crippen LogP contribution in [0.4, 0.5) is 17.1 Å². The fourth-order valence-electron chi connectivity index (χ4n) is 4.61. The maximum absolute atomic E-state index is 13.6. The summed E-state index contributed by atoms with van der Waals surface area (Å²) >= 11 is 7.82. The SMILES string of the molecule is CC1=C(C(=O)Nc2ccccc2)C(c2cccc(NC(=O)c3ccc([N+](=O)[O-])cc3Cl)c2)N2CCCSC2=N1. The molecule has 0 aromatic heterocycles. The lowest BCUT2D eigenvalue weighted by molar-refractivity contribution is -0.384. The molecule has 1 unspecified atom stereocenters. The van der Waals surface area contributed by atoms with Crippen molar-refractivity contribution < 1.29 is 14.5 Å². The minimum Gasteiger partial charge on any atom is -0.340 e. The molecule has 198 valence electrons. The van der Waals surface area contributed by atoms with E-state index in [2.05, 4.69) is 15.5 Å². The maximum Gasteiger partial charge on any atom is 0.270 e. The van der Waals surface area contributed by atoms with Crippen molar-refractivity contribution in [2.24, 2.45) is 4.99 Å². The molecule has 11 heteroatoms. The van der Waals surface area contributed by atoms with Crippen LogP contribution in [0.25, 0.3) is 0 Å². The third-order valence-electron chi connectivity index (χ3n) is 6.40. The van der Waals surface area contributed by atoms with E-state index < -0.39 is 16.9 Å². The molecule has 3 aromatic rings. The smallest absolute Gasteiger partial charge is 0.270 e. The summed E-state index contributed by atoms with van der Waals surface area (Å²) in [7, 11) is 0. The van der Waals surface area contributed by atoms with Crippen molar-refractivity contribution >= 4 is 57.4 Å². The number of nitrogens with zero attached hydrogens (tertiary/aromatic N) is 3. The monoisotopic (exact) mass is 561 g/mol. The molecule has 9 nitrogen and oxygen atoms in total. The molecule has 1 fully saturated rings. The first-order valence-electron chi connectivity index (χ1n) is 12.2. The van der Waals surface area contributed by atoms with Crippen molar-refractivity contribution in [3.63, 3.8) is 0 Å². The lowest BCUT2D eigenvalue weighted by atomic mass is 9.93. The van der Waals surface area contributed by atoms with Gasteiger partial charge in [0, 0.05) is 35.8 Å². The molecule has 0 bridgehead atoms. The molecule has 2 N–H and O–H groups in total. The number of allylic oxidation sites excluding steroid dienone is 1. The van der Waals surface area contributed by atoms with Crippen LogP contribution in [-0.2, 0) is 4.79 Å². The summed E-state index contributed by atoms with van der Waals surface area (Å²) in [5.41, 5.74) is 3.09. The van der Waals surface area contributed by atoms with Crippen molar-refractivity contribution in [1.29, 1.82) is 0 Å². The van der Waals surface area contributed by atoms with Crippen molar-refractivity contribution in [2.75, 3.05) is 22.9 Å². The Morgan fingerprint density at radius 3 is 2.51 bits per heavy atom. The van der Waals surface area contributed by atoms with E-state index in [1.165, 1.54) is 12.1 Å². The second-order valence-corrected chi connectivity index (χ2v) is 10.5. The van der Waals surface area contributed by atoms with Crippen LogP contribution in [0.1, 0.15) is 35.3 Å². The zero-order valence-corrected chi connectivity index (χ0v) is 22.5. The largest absolute Gasteiger partial charge is 0.340 e. The van der Waals surface area contributed by atoms with Gasteiger partial charge in [0.15, 0.2) is 5.17 Å². The van der Waals surface area contributed by atoms with Gasteiger partial charge >= 0.3 is 0 Å². The summed E-state index contributed by atoms with van der Waals surface area (Å²) in [5, 5.41) is 17.7. The molecule has 1 saturated heterocycles. The summed E-state index contributed by atoms with van der Waals surface area (Å²) in [4.78, 5) is 43.9. The topological polar surface area (TPSA) is 117 Å². The fraction of sp³-hybridized carbons (Fsp3) is 0.179. The van der Waals surface area contributed by atoms with Crippen LogP contribution in [0, 0.1) is 10.1 Å². The van der Waals surface area contributed by atoms with Gasteiger partial charge in [0.25, 0.3) is 17.5 Å². The minimum absolute atomic E-state index is 0.0187. The van der Waals surface area contributed by atoms with E-state index in [-0.39, 0.29) is 22.2 Å². The van der Waals surface area contributed by atoms with E-state index >= 15 is 0 Å². The van der Waals surface area contributed by atoms with Gasteiger partial charge in [-0.25, -0.2) is 4.99 Å². The van der Waals surface area contributed by atoms with E-state index in [4.69, 9.17) is 16.6 Å². The molecule has 1 atom stereocenters. The van der Waals surface area contributed by atoms with Gasteiger partial charge in [0.1, 0.15) is 0 Å². The third-order valence-corrected chi connectivity index (χ3v) is 7.79. The molecule has 0 radical (unpaired) electrons. The number of benzene rings is 3. The second-order valence-electron chi connectivity index (χ2n) is 9.01. The average molecular weight is 562 g/mol. The number of rotatable bonds is 6. The summed E-state index contributed by atoms with van der Waals surface area (Å²) in [6, 6.07) is 19.9. The number of carbonyl (C=O) groups excluding carboxylic acids is 2. The second kappa shape index (κ2) is 11.3. The normalized spacial score (nSPS) is 16.7. The van der Waals surface area contributed by atoms with Gasteiger partial charge in [-0.3, -0.25) is 19.7 Å². The highest BCUT2D eigenvalue weighted by molar-refractivity contribution is 8.13. The van der Waals surface area contributed by atoms with Gasteiger partial charge in [-0.1, -0.05) is 53.7 Å². The van der Waals surface area contributed by atoms with Gasteiger partial charge in [-0.05, 0) is 49.2 Å². The highest BCUT2D eigenvalue weighted by atomic mass is 35.5. The Kier molecular flexibility index (Phi) is 7.67. The highest BCUT2D eigenvalue weighted by Gasteiger charge is 2.37. The first-order chi connectivity index (χ1) is 18.8. The van der Waals surface area contributed by atoms with Gasteiger partial charge in [-0.2, -0.15) is 0 Å². The number of carbonyl (C=O) groups is 2. The summed E-state index contributed by atoms with van der Waals surface area (Å²) < 4.78 is 0. The van der Waals surface area contributed by atoms with Crippen LogP contribution in [0.5, 0.6) is 0 Å². The number of amides is 2. The van der Waals surface area contributed by atoms with Crippen LogP contribution < -0.4 is 10.6 Å². The number of thioether (sulfide) groups is 1. The number of nitro groups is 1. The number of para-hydroxylation sites is 1. The molecule has 0 aliphatic carbocycles. The van der Waals surface area contributed by atoms with Gasteiger partial charge in [0.2, 0.25) is 0 Å². The van der Waals surface area contributed by atoms with E-state index in [1.807, 2.05) is 55.5 Å². The molecule has 2 amide bonds. The van der Waals surface area contributed by atoms with Crippen LogP contribution in [-0.4, -0.2) is 39.1 Å². The molecule has 2 heterocycles. The zero-order valence-electron chi connectivity index (χ0n) is 20.9. The van der Waals surface area contributed by atoms with Crippen molar-refractivity contribution in [1.82, 2.24) is 4.90 Å². The molecule has 0 saturated carbocycles. The number of nitro benzene ring substituents is 1. The van der Waals surface area contributed by atoms with Crippen molar-refractivity contribution in [2.45, 2.75) is 19.4 Å². The fourth-order valence-corrected chi connectivity index (χ4v) is 5.89. The van der Waals surface area contributed by atoms with Crippen LogP contribution in [0.15, 0.2) is 89.1 Å². The van der Waals surface area contributed by atoms with Gasteiger partial charge in [0.05, 0.1) is 32.8 Å². The lowest BCUT2D eigenvalue weighted by Gasteiger charge is -2.41. The average Bonchev–Trinajstić information content (AvgIpc) is 2.92. The summed E-state index contributed by atoms with van der Waals surface area (Å²) in [6.45, 7) is 2.58. The first kappa shape index (κ1) is 26.5. The molecule has 2 aliphatic rings. The number of aliphatic imine (C=N–C) groups is 1. The van der Waals surface area contributed by atoms with Crippen molar-refractivity contribution in [3.8, 4) is 0 Å². The Morgan fingerprint density at radius 1 is 1.03 bits per heavy atom. The van der Waals surface area contributed by atoms with Gasteiger partial charge < -0.3 is 15.5 Å². The van der Waals surface area contributed by atoms with E-state index in [0.717, 1.165) is 35.5 Å². The summed E-state index contributed by atoms with van der Waals surface area (Å²) in [5.74, 6) is 0.210. The third kappa shape index (κ3) is 5.67. The number of anilines is 2. The Hall–Kier alpha value is -4.15. The molecule has 2 aliphatic heterocycles. The number of non-ortho nitro benzene ring substituents is 1. The van der Waals surface area contributed by atoms with E-state index in [0.29, 0.717) is 22.6 Å². The number of hydrogen-bond donors (Lipinski definition) is 2. The van der Waals surface area contributed by atoms with E-state index in [9.17, 15) is 19.7 Å². The maximum atomic E-state index is 13.6. The van der Waals surface area contributed by atoms with E-state index in [1.54, 1.807) is 17.8 Å². The quantitative estimate of drug-likeness (QED) is 0.271. The van der Waals surface area contributed by atoms with Crippen LogP contribution >= 0.6 is 23.4 Å².